The highest BCUT2D eigenvalue weighted by Crippen LogP contribution is 2.27. The Hall–Kier alpha value is -3.04. The molecule has 7 nitrogen and oxygen atoms in total. The van der Waals surface area contributed by atoms with E-state index in [2.05, 4.69) is 31.8 Å². The number of amides is 1. The lowest BCUT2D eigenvalue weighted by Crippen LogP contribution is -2.14. The van der Waals surface area contributed by atoms with Gasteiger partial charge in [-0.3, -0.25) is 10.1 Å². The van der Waals surface area contributed by atoms with Crippen LogP contribution in [0.15, 0.2) is 53.7 Å². The van der Waals surface area contributed by atoms with E-state index in [1.54, 1.807) is 0 Å². The summed E-state index contributed by atoms with van der Waals surface area (Å²) in [6.07, 6.45) is 0. The molecular formula is C22H22N6OS2. The van der Waals surface area contributed by atoms with Gasteiger partial charge in [-0.1, -0.05) is 76.7 Å². The van der Waals surface area contributed by atoms with Crippen LogP contribution in [0.4, 0.5) is 5.13 Å². The summed E-state index contributed by atoms with van der Waals surface area (Å²) >= 11 is 2.71. The predicted octanol–water partition coefficient (Wildman–Crippen LogP) is 4.83. The monoisotopic (exact) mass is 450 g/mol. The van der Waals surface area contributed by atoms with Gasteiger partial charge in [0, 0.05) is 17.7 Å². The number of carbonyl (C=O) groups is 1. The first-order valence-corrected chi connectivity index (χ1v) is 11.7. The number of aryl methyl sites for hydroxylation is 2. The van der Waals surface area contributed by atoms with Gasteiger partial charge in [-0.05, 0) is 26.8 Å². The molecule has 31 heavy (non-hydrogen) atoms. The maximum absolute atomic E-state index is 12.4. The standard InChI is InChI=1S/C22H22N6OS2/c1-4-28-19(17-7-5-6-15(3)12-17)24-27-22(28)30-13-18(29)23-21-26-25-20(31-21)16-10-8-14(2)9-11-16/h5-12H,4,13H2,1-3H3,(H,23,26,29). The van der Waals surface area contributed by atoms with Crippen LogP contribution in [0, 0.1) is 13.8 Å². The van der Waals surface area contributed by atoms with Crippen molar-refractivity contribution in [1.29, 1.82) is 0 Å². The second-order valence-electron chi connectivity index (χ2n) is 7.04. The number of rotatable bonds is 7. The summed E-state index contributed by atoms with van der Waals surface area (Å²) in [5, 5.41) is 21.7. The van der Waals surface area contributed by atoms with Crippen LogP contribution in [0.3, 0.4) is 0 Å². The lowest BCUT2D eigenvalue weighted by molar-refractivity contribution is -0.113. The number of thioether (sulfide) groups is 1. The Labute approximate surface area is 189 Å². The normalized spacial score (nSPS) is 10.9. The summed E-state index contributed by atoms with van der Waals surface area (Å²) < 4.78 is 2.02. The molecule has 0 radical (unpaired) electrons. The van der Waals surface area contributed by atoms with Gasteiger partial charge in [-0.15, -0.1) is 20.4 Å². The van der Waals surface area contributed by atoms with Gasteiger partial charge in [0.15, 0.2) is 11.0 Å². The van der Waals surface area contributed by atoms with E-state index in [1.165, 1.54) is 34.2 Å². The van der Waals surface area contributed by atoms with Crippen molar-refractivity contribution in [3.63, 3.8) is 0 Å². The van der Waals surface area contributed by atoms with Gasteiger partial charge >= 0.3 is 0 Å². The summed E-state index contributed by atoms with van der Waals surface area (Å²) in [5.74, 6) is 0.867. The van der Waals surface area contributed by atoms with E-state index in [1.807, 2.05) is 67.8 Å². The van der Waals surface area contributed by atoms with Crippen molar-refractivity contribution in [3.05, 3.63) is 59.7 Å². The van der Waals surface area contributed by atoms with Crippen molar-refractivity contribution < 1.29 is 4.79 Å². The molecule has 4 rings (SSSR count). The number of hydrogen-bond acceptors (Lipinski definition) is 7. The fourth-order valence-corrected chi connectivity index (χ4v) is 4.62. The van der Waals surface area contributed by atoms with Crippen LogP contribution in [0.2, 0.25) is 0 Å². The zero-order valence-electron chi connectivity index (χ0n) is 17.5. The molecule has 0 spiro atoms. The maximum Gasteiger partial charge on any atom is 0.236 e. The van der Waals surface area contributed by atoms with Crippen LogP contribution < -0.4 is 5.32 Å². The zero-order valence-corrected chi connectivity index (χ0v) is 19.1. The van der Waals surface area contributed by atoms with Gasteiger partial charge in [-0.25, -0.2) is 0 Å². The lowest BCUT2D eigenvalue weighted by Gasteiger charge is -2.07. The largest absolute Gasteiger partial charge is 0.302 e. The number of benzene rings is 2. The fraction of sp³-hybridized carbons (Fsp3) is 0.227. The molecule has 2 aromatic carbocycles. The van der Waals surface area contributed by atoms with Crippen LogP contribution in [0.5, 0.6) is 0 Å². The molecule has 0 aliphatic rings. The second kappa shape index (κ2) is 9.40. The number of hydrogen-bond donors (Lipinski definition) is 1. The van der Waals surface area contributed by atoms with E-state index in [-0.39, 0.29) is 11.7 Å². The summed E-state index contributed by atoms with van der Waals surface area (Å²) in [4.78, 5) is 12.4. The first-order chi connectivity index (χ1) is 15.0. The van der Waals surface area contributed by atoms with Crippen LogP contribution >= 0.6 is 23.1 Å². The molecule has 4 aromatic rings. The molecule has 0 saturated carbocycles. The van der Waals surface area contributed by atoms with Gasteiger partial charge in [0.2, 0.25) is 11.0 Å². The minimum absolute atomic E-state index is 0.153. The summed E-state index contributed by atoms with van der Waals surface area (Å²) in [7, 11) is 0. The smallest absolute Gasteiger partial charge is 0.236 e. The summed E-state index contributed by atoms with van der Waals surface area (Å²) in [6, 6.07) is 16.2. The number of nitrogens with zero attached hydrogens (tertiary/aromatic N) is 5. The third kappa shape index (κ3) is 5.00. The first-order valence-electron chi connectivity index (χ1n) is 9.87. The molecule has 0 saturated heterocycles. The summed E-state index contributed by atoms with van der Waals surface area (Å²) in [5.41, 5.74) is 4.35. The molecule has 1 N–H and O–H groups in total. The van der Waals surface area contributed by atoms with E-state index < -0.39 is 0 Å². The molecule has 2 heterocycles. The fourth-order valence-electron chi connectivity index (χ4n) is 3.05. The van der Waals surface area contributed by atoms with E-state index in [4.69, 9.17) is 0 Å². The Bertz CT molecular complexity index is 1200. The zero-order chi connectivity index (χ0) is 21.8. The summed E-state index contributed by atoms with van der Waals surface area (Å²) in [6.45, 7) is 6.85. The maximum atomic E-state index is 12.4. The second-order valence-corrected chi connectivity index (χ2v) is 8.96. The third-order valence-electron chi connectivity index (χ3n) is 4.61. The number of anilines is 1. The van der Waals surface area contributed by atoms with Crippen molar-refractivity contribution in [2.24, 2.45) is 0 Å². The van der Waals surface area contributed by atoms with E-state index in [0.717, 1.165) is 28.5 Å². The molecule has 0 aliphatic carbocycles. The van der Waals surface area contributed by atoms with Crippen molar-refractivity contribution >= 4 is 34.1 Å². The first kappa shape index (κ1) is 21.2. The van der Waals surface area contributed by atoms with Crippen molar-refractivity contribution in [2.45, 2.75) is 32.5 Å². The average molecular weight is 451 g/mol. The predicted molar refractivity (Wildman–Crippen MR) is 125 cm³/mol. The average Bonchev–Trinajstić information content (AvgIpc) is 3.39. The van der Waals surface area contributed by atoms with Crippen molar-refractivity contribution in [2.75, 3.05) is 11.1 Å². The van der Waals surface area contributed by atoms with Crippen LogP contribution in [-0.4, -0.2) is 36.6 Å². The molecular weight excluding hydrogens is 428 g/mol. The van der Waals surface area contributed by atoms with Gasteiger partial charge in [-0.2, -0.15) is 0 Å². The van der Waals surface area contributed by atoms with Crippen LogP contribution in [0.1, 0.15) is 18.1 Å². The van der Waals surface area contributed by atoms with Crippen LogP contribution in [-0.2, 0) is 11.3 Å². The number of aromatic nitrogens is 5. The van der Waals surface area contributed by atoms with Gasteiger partial charge in [0.05, 0.1) is 5.75 Å². The molecule has 158 valence electrons. The highest BCUT2D eigenvalue weighted by Gasteiger charge is 2.16. The molecule has 0 bridgehead atoms. The molecule has 0 fully saturated rings. The van der Waals surface area contributed by atoms with E-state index >= 15 is 0 Å². The van der Waals surface area contributed by atoms with Crippen molar-refractivity contribution in [1.82, 2.24) is 25.0 Å². The Morgan fingerprint density at radius 3 is 2.55 bits per heavy atom. The molecule has 0 atom stereocenters. The minimum Gasteiger partial charge on any atom is -0.302 e. The van der Waals surface area contributed by atoms with Gasteiger partial charge < -0.3 is 4.57 Å². The van der Waals surface area contributed by atoms with Crippen LogP contribution in [0.25, 0.3) is 22.0 Å². The highest BCUT2D eigenvalue weighted by atomic mass is 32.2. The molecule has 9 heteroatoms. The minimum atomic E-state index is -0.153. The topological polar surface area (TPSA) is 85.6 Å². The molecule has 0 aliphatic heterocycles. The van der Waals surface area contributed by atoms with Gasteiger partial charge in [0.25, 0.3) is 0 Å². The van der Waals surface area contributed by atoms with E-state index in [9.17, 15) is 4.79 Å². The number of nitrogens with one attached hydrogen (secondary N) is 1. The Kier molecular flexibility index (Phi) is 6.43. The molecule has 2 aromatic heterocycles. The van der Waals surface area contributed by atoms with Crippen molar-refractivity contribution in [3.8, 4) is 22.0 Å². The lowest BCUT2D eigenvalue weighted by atomic mass is 10.1. The molecule has 1 amide bonds. The quantitative estimate of drug-likeness (QED) is 0.406. The third-order valence-corrected chi connectivity index (χ3v) is 6.47. The molecule has 0 unspecified atom stereocenters. The van der Waals surface area contributed by atoms with E-state index in [0.29, 0.717) is 10.3 Å². The van der Waals surface area contributed by atoms with Gasteiger partial charge in [0.1, 0.15) is 5.01 Å². The highest BCUT2D eigenvalue weighted by molar-refractivity contribution is 7.99. The SMILES string of the molecule is CCn1c(SCC(=O)Nc2nnc(-c3ccc(C)cc3)s2)nnc1-c1cccc(C)c1. The Morgan fingerprint density at radius 1 is 1.00 bits per heavy atom. The number of carbonyl (C=O) groups excluding carboxylic acids is 1. The Morgan fingerprint density at radius 2 is 1.81 bits per heavy atom. The Balaban J connectivity index is 1.40.